The molecule has 0 aliphatic heterocycles. The largest absolute Gasteiger partial charge is 0.508 e. The molecule has 1 heterocycles. The normalized spacial score (nSPS) is 10.4. The van der Waals surface area contributed by atoms with Gasteiger partial charge in [-0.2, -0.15) is 0 Å². The maximum Gasteiger partial charge on any atom is 0.115 e. The fourth-order valence-electron chi connectivity index (χ4n) is 1.46. The molecule has 0 amide bonds. The quantitative estimate of drug-likeness (QED) is 0.821. The molecular formula is C11H13N3O. The molecule has 0 spiro atoms. The molecule has 0 fully saturated rings. The number of aromatic nitrogens is 3. The number of aromatic hydroxyl groups is 1. The van der Waals surface area contributed by atoms with Crippen molar-refractivity contribution < 1.29 is 5.11 Å². The Morgan fingerprint density at radius 1 is 1.20 bits per heavy atom. The predicted molar refractivity (Wildman–Crippen MR) is 56.4 cm³/mol. The van der Waals surface area contributed by atoms with E-state index in [0.717, 1.165) is 19.4 Å². The van der Waals surface area contributed by atoms with Gasteiger partial charge < -0.3 is 5.11 Å². The van der Waals surface area contributed by atoms with Gasteiger partial charge in [0.05, 0.1) is 6.20 Å². The van der Waals surface area contributed by atoms with Gasteiger partial charge in [0.2, 0.25) is 0 Å². The van der Waals surface area contributed by atoms with Gasteiger partial charge in [-0.3, -0.25) is 4.68 Å². The molecule has 0 unspecified atom stereocenters. The van der Waals surface area contributed by atoms with Crippen molar-refractivity contribution in [1.29, 1.82) is 0 Å². The number of phenolic OH excluding ortho intramolecular Hbond substituents is 1. The van der Waals surface area contributed by atoms with Crippen LogP contribution in [0.3, 0.4) is 0 Å². The van der Waals surface area contributed by atoms with Crippen molar-refractivity contribution in [3.63, 3.8) is 0 Å². The van der Waals surface area contributed by atoms with Gasteiger partial charge in [0.15, 0.2) is 0 Å². The average Bonchev–Trinajstić information content (AvgIpc) is 2.74. The zero-order valence-electron chi connectivity index (χ0n) is 8.37. The van der Waals surface area contributed by atoms with Crippen LogP contribution in [-0.2, 0) is 13.0 Å². The highest BCUT2D eigenvalue weighted by Gasteiger charge is 1.95. The Hall–Kier alpha value is -1.84. The third-order valence-electron chi connectivity index (χ3n) is 2.26. The zero-order valence-corrected chi connectivity index (χ0v) is 8.37. The second-order valence-corrected chi connectivity index (χ2v) is 3.44. The van der Waals surface area contributed by atoms with Gasteiger partial charge in [-0.1, -0.05) is 17.3 Å². The van der Waals surface area contributed by atoms with E-state index in [1.54, 1.807) is 18.3 Å². The van der Waals surface area contributed by atoms with Gasteiger partial charge in [0, 0.05) is 12.7 Å². The Morgan fingerprint density at radius 2 is 2.00 bits per heavy atom. The van der Waals surface area contributed by atoms with Crippen molar-refractivity contribution in [2.24, 2.45) is 0 Å². The van der Waals surface area contributed by atoms with E-state index in [1.807, 2.05) is 23.0 Å². The molecule has 2 rings (SSSR count). The Labute approximate surface area is 88.2 Å². The third kappa shape index (κ3) is 2.80. The van der Waals surface area contributed by atoms with Crippen LogP contribution in [0.4, 0.5) is 0 Å². The maximum absolute atomic E-state index is 9.11. The molecule has 0 aliphatic rings. The molecule has 0 aliphatic carbocycles. The van der Waals surface area contributed by atoms with E-state index in [9.17, 15) is 0 Å². The van der Waals surface area contributed by atoms with Gasteiger partial charge in [0.1, 0.15) is 5.75 Å². The molecule has 0 radical (unpaired) electrons. The summed E-state index contributed by atoms with van der Waals surface area (Å²) in [5, 5.41) is 16.7. The molecule has 1 aromatic heterocycles. The Kier molecular flexibility index (Phi) is 2.97. The van der Waals surface area contributed by atoms with Crippen LogP contribution in [0, 0.1) is 0 Å². The van der Waals surface area contributed by atoms with E-state index < -0.39 is 0 Å². The number of benzene rings is 1. The van der Waals surface area contributed by atoms with Crippen LogP contribution >= 0.6 is 0 Å². The Morgan fingerprint density at radius 3 is 2.67 bits per heavy atom. The molecule has 2 aromatic rings. The van der Waals surface area contributed by atoms with Crippen LogP contribution in [0.2, 0.25) is 0 Å². The second kappa shape index (κ2) is 4.59. The summed E-state index contributed by atoms with van der Waals surface area (Å²) in [6.45, 7) is 0.876. The topological polar surface area (TPSA) is 50.9 Å². The molecule has 1 aromatic carbocycles. The molecule has 15 heavy (non-hydrogen) atoms. The molecule has 0 atom stereocenters. The first-order valence-corrected chi connectivity index (χ1v) is 4.96. The highest BCUT2D eigenvalue weighted by molar-refractivity contribution is 5.25. The number of phenols is 1. The number of hydrogen-bond acceptors (Lipinski definition) is 3. The number of hydrogen-bond donors (Lipinski definition) is 1. The summed E-state index contributed by atoms with van der Waals surface area (Å²) in [5.74, 6) is 0.315. The number of nitrogens with zero attached hydrogens (tertiary/aromatic N) is 3. The van der Waals surface area contributed by atoms with E-state index in [-0.39, 0.29) is 0 Å². The van der Waals surface area contributed by atoms with Crippen molar-refractivity contribution in [3.05, 3.63) is 42.2 Å². The van der Waals surface area contributed by atoms with E-state index in [1.165, 1.54) is 5.56 Å². The van der Waals surface area contributed by atoms with Crippen molar-refractivity contribution >= 4 is 0 Å². The molecule has 1 N–H and O–H groups in total. The summed E-state index contributed by atoms with van der Waals surface area (Å²) < 4.78 is 1.82. The fourth-order valence-corrected chi connectivity index (χ4v) is 1.46. The SMILES string of the molecule is Oc1ccc(CCCn2ccnn2)cc1. The Bertz CT molecular complexity index is 394. The summed E-state index contributed by atoms with van der Waals surface area (Å²) in [6.07, 6.45) is 5.55. The lowest BCUT2D eigenvalue weighted by Gasteiger charge is -2.01. The average molecular weight is 203 g/mol. The third-order valence-corrected chi connectivity index (χ3v) is 2.26. The summed E-state index contributed by atoms with van der Waals surface area (Å²) in [7, 11) is 0. The molecular weight excluding hydrogens is 190 g/mol. The van der Waals surface area contributed by atoms with Gasteiger partial charge >= 0.3 is 0 Å². The molecule has 0 saturated heterocycles. The lowest BCUT2D eigenvalue weighted by Crippen LogP contribution is -2.00. The van der Waals surface area contributed by atoms with Crippen LogP contribution in [0.1, 0.15) is 12.0 Å². The Balaban J connectivity index is 1.81. The molecule has 0 bridgehead atoms. The van der Waals surface area contributed by atoms with E-state index >= 15 is 0 Å². The highest BCUT2D eigenvalue weighted by atomic mass is 16.3. The summed E-state index contributed by atoms with van der Waals surface area (Å²) in [5.41, 5.74) is 1.23. The van der Waals surface area contributed by atoms with Gasteiger partial charge in [0.25, 0.3) is 0 Å². The molecule has 4 heteroatoms. The standard InChI is InChI=1S/C11H13N3O/c15-11-5-3-10(4-6-11)2-1-8-14-9-7-12-13-14/h3-7,9,15H,1-2,8H2. The van der Waals surface area contributed by atoms with Crippen molar-refractivity contribution in [2.45, 2.75) is 19.4 Å². The van der Waals surface area contributed by atoms with Gasteiger partial charge in [-0.05, 0) is 30.5 Å². The van der Waals surface area contributed by atoms with Gasteiger partial charge in [-0.25, -0.2) is 0 Å². The molecule has 0 saturated carbocycles. The number of aryl methyl sites for hydroxylation is 2. The first-order valence-electron chi connectivity index (χ1n) is 4.96. The van der Waals surface area contributed by atoms with E-state index in [2.05, 4.69) is 10.3 Å². The maximum atomic E-state index is 9.11. The minimum Gasteiger partial charge on any atom is -0.508 e. The minimum absolute atomic E-state index is 0.315. The minimum atomic E-state index is 0.315. The van der Waals surface area contributed by atoms with Crippen LogP contribution in [0.25, 0.3) is 0 Å². The van der Waals surface area contributed by atoms with E-state index in [4.69, 9.17) is 5.11 Å². The first-order chi connectivity index (χ1) is 7.34. The summed E-state index contributed by atoms with van der Waals surface area (Å²) >= 11 is 0. The second-order valence-electron chi connectivity index (χ2n) is 3.44. The highest BCUT2D eigenvalue weighted by Crippen LogP contribution is 2.11. The van der Waals surface area contributed by atoms with Crippen LogP contribution < -0.4 is 0 Å². The lowest BCUT2D eigenvalue weighted by molar-refractivity contribution is 0.475. The van der Waals surface area contributed by atoms with Crippen molar-refractivity contribution in [1.82, 2.24) is 15.0 Å². The van der Waals surface area contributed by atoms with Crippen LogP contribution in [0.15, 0.2) is 36.7 Å². The van der Waals surface area contributed by atoms with Gasteiger partial charge in [-0.15, -0.1) is 5.10 Å². The monoisotopic (exact) mass is 203 g/mol. The first kappa shape index (κ1) is 9.71. The molecule has 78 valence electrons. The molecule has 4 nitrogen and oxygen atoms in total. The number of rotatable bonds is 4. The lowest BCUT2D eigenvalue weighted by atomic mass is 10.1. The van der Waals surface area contributed by atoms with Crippen molar-refractivity contribution in [2.75, 3.05) is 0 Å². The smallest absolute Gasteiger partial charge is 0.115 e. The van der Waals surface area contributed by atoms with Crippen molar-refractivity contribution in [3.8, 4) is 5.75 Å². The fraction of sp³-hybridized carbons (Fsp3) is 0.273. The zero-order chi connectivity index (χ0) is 10.5. The summed E-state index contributed by atoms with van der Waals surface area (Å²) in [4.78, 5) is 0. The van der Waals surface area contributed by atoms with Crippen LogP contribution in [-0.4, -0.2) is 20.1 Å². The predicted octanol–water partition coefficient (Wildman–Crippen LogP) is 1.62. The summed E-state index contributed by atoms with van der Waals surface area (Å²) in [6, 6.07) is 7.31. The van der Waals surface area contributed by atoms with E-state index in [0.29, 0.717) is 5.75 Å². The van der Waals surface area contributed by atoms with Crippen LogP contribution in [0.5, 0.6) is 5.75 Å².